The van der Waals surface area contributed by atoms with Gasteiger partial charge in [-0.05, 0) is 66.6 Å². The molecule has 0 aliphatic heterocycles. The molecule has 0 aliphatic rings. The number of aromatic nitrogens is 6. The molecule has 0 fully saturated rings. The quantitative estimate of drug-likeness (QED) is 0.353. The highest BCUT2D eigenvalue weighted by molar-refractivity contribution is 6.30. The maximum Gasteiger partial charge on any atom is 0.428 e. The van der Waals surface area contributed by atoms with E-state index >= 15 is 0 Å². The first-order valence-electron chi connectivity index (χ1n) is 10.9. The molecule has 0 atom stereocenters. The summed E-state index contributed by atoms with van der Waals surface area (Å²) in [5.74, 6) is -0.396. The lowest BCUT2D eigenvalue weighted by Crippen LogP contribution is -2.44. The number of rotatable bonds is 4. The van der Waals surface area contributed by atoms with Crippen LogP contribution in [0.25, 0.3) is 39.1 Å². The van der Waals surface area contributed by atoms with Gasteiger partial charge in [0.1, 0.15) is 23.6 Å². The number of hydrogen-bond donors (Lipinski definition) is 2. The van der Waals surface area contributed by atoms with Crippen LogP contribution in [0.1, 0.15) is 11.3 Å². The maximum atomic E-state index is 13.7. The molecule has 0 aliphatic carbocycles. The van der Waals surface area contributed by atoms with Crippen LogP contribution in [0, 0.1) is 12.7 Å². The number of nitrogens with one attached hydrogen (secondary N) is 1. The molecule has 0 amide bonds. The summed E-state index contributed by atoms with van der Waals surface area (Å²) in [4.78, 5) is 26.5. The Labute approximate surface area is 207 Å². The SMILES string of the molecule is Cc1cc(-c2c(-c3ccc(F)cc3)nc(N)[n+]3c(=O)n(Cc4ccc(Cl)cn4)[nH]c23)cc2ocnc12. The Balaban J connectivity index is 1.65. The van der Waals surface area contributed by atoms with Crippen LogP contribution in [0.5, 0.6) is 0 Å². The minimum atomic E-state index is -0.420. The molecule has 0 bridgehead atoms. The van der Waals surface area contributed by atoms with E-state index in [0.29, 0.717) is 38.8 Å². The van der Waals surface area contributed by atoms with Crippen molar-refractivity contribution < 1.29 is 13.2 Å². The summed E-state index contributed by atoms with van der Waals surface area (Å²) >= 11 is 5.95. The maximum absolute atomic E-state index is 13.7. The molecule has 3 N–H and O–H groups in total. The lowest BCUT2D eigenvalue weighted by atomic mass is 9.98. The number of hydrogen-bond acceptors (Lipinski definition) is 6. The zero-order chi connectivity index (χ0) is 25.0. The first-order valence-corrected chi connectivity index (χ1v) is 11.3. The van der Waals surface area contributed by atoms with Crippen molar-refractivity contribution >= 4 is 34.3 Å². The molecule has 0 spiro atoms. The fourth-order valence-electron chi connectivity index (χ4n) is 4.30. The van der Waals surface area contributed by atoms with Crippen molar-refractivity contribution in [3.8, 4) is 22.4 Å². The molecule has 0 unspecified atom stereocenters. The first-order chi connectivity index (χ1) is 17.4. The molecule has 2 aromatic carbocycles. The van der Waals surface area contributed by atoms with Gasteiger partial charge >= 0.3 is 11.6 Å². The highest BCUT2D eigenvalue weighted by Gasteiger charge is 2.26. The summed E-state index contributed by atoms with van der Waals surface area (Å²) in [5, 5.41) is 3.67. The molecule has 4 aromatic heterocycles. The minimum absolute atomic E-state index is 0.0189. The van der Waals surface area contributed by atoms with Crippen LogP contribution in [0.15, 0.2) is 70.3 Å². The van der Waals surface area contributed by atoms with E-state index in [1.807, 2.05) is 19.1 Å². The van der Waals surface area contributed by atoms with Gasteiger partial charge in [-0.2, -0.15) is 4.68 Å². The Hall–Kier alpha value is -4.57. The number of oxazole rings is 1. The number of aromatic amines is 1. The molecule has 6 aromatic rings. The molecule has 4 heterocycles. The van der Waals surface area contributed by atoms with E-state index in [0.717, 1.165) is 16.6 Å². The lowest BCUT2D eigenvalue weighted by molar-refractivity contribution is -0.516. The molecule has 0 saturated heterocycles. The number of anilines is 1. The average molecular weight is 503 g/mol. The van der Waals surface area contributed by atoms with Crippen LogP contribution in [0.2, 0.25) is 5.02 Å². The van der Waals surface area contributed by atoms with E-state index in [-0.39, 0.29) is 18.3 Å². The van der Waals surface area contributed by atoms with E-state index < -0.39 is 5.69 Å². The second-order valence-corrected chi connectivity index (χ2v) is 8.76. The van der Waals surface area contributed by atoms with Gasteiger partial charge in [0.25, 0.3) is 0 Å². The number of H-pyrrole nitrogens is 1. The molecule has 9 nitrogen and oxygen atoms in total. The molecular formula is C25H18ClFN7O2+. The van der Waals surface area contributed by atoms with Crippen LogP contribution in [0.3, 0.4) is 0 Å². The first kappa shape index (κ1) is 21.9. The van der Waals surface area contributed by atoms with Crippen molar-refractivity contribution in [3.63, 3.8) is 0 Å². The van der Waals surface area contributed by atoms with E-state index in [1.54, 1.807) is 24.3 Å². The Morgan fingerprint density at radius 1 is 1.14 bits per heavy atom. The largest absolute Gasteiger partial charge is 0.443 e. The third kappa shape index (κ3) is 3.59. The zero-order valence-electron chi connectivity index (χ0n) is 18.9. The van der Waals surface area contributed by atoms with E-state index in [2.05, 4.69) is 20.1 Å². The molecule has 6 rings (SSSR count). The molecular weight excluding hydrogens is 485 g/mol. The number of nitrogen functional groups attached to an aromatic ring is 1. The smallest absolute Gasteiger partial charge is 0.428 e. The molecule has 178 valence electrons. The normalized spacial score (nSPS) is 11.5. The number of fused-ring (bicyclic) bond motifs is 2. The summed E-state index contributed by atoms with van der Waals surface area (Å²) in [6, 6.07) is 13.1. The van der Waals surface area contributed by atoms with Gasteiger partial charge in [0, 0.05) is 11.8 Å². The molecule has 36 heavy (non-hydrogen) atoms. The Morgan fingerprint density at radius 2 is 1.94 bits per heavy atom. The standard InChI is InChI=1S/C25H17ClFN7O2/c1-13-8-15(9-19-21(13)30-12-36-19)20-22(14-2-5-17(27)6-3-14)31-24(28)34-23(20)32-33(25(34)35)11-18-7-4-16(26)10-29-18/h2-10,12H,11H2,1H3,(H2,28,31,32)/p+1. The summed E-state index contributed by atoms with van der Waals surface area (Å²) in [6.45, 7) is 2.07. The lowest BCUT2D eigenvalue weighted by Gasteiger charge is -2.09. The second-order valence-electron chi connectivity index (χ2n) is 8.33. The second kappa shape index (κ2) is 8.28. The van der Waals surface area contributed by atoms with E-state index in [4.69, 9.17) is 21.8 Å². The van der Waals surface area contributed by atoms with Crippen LogP contribution in [0.4, 0.5) is 10.3 Å². The van der Waals surface area contributed by atoms with Crippen molar-refractivity contribution in [2.24, 2.45) is 0 Å². The van der Waals surface area contributed by atoms with Gasteiger partial charge in [-0.25, -0.2) is 19.3 Å². The van der Waals surface area contributed by atoms with Crippen LogP contribution in [-0.4, -0.2) is 24.7 Å². The predicted molar refractivity (Wildman–Crippen MR) is 132 cm³/mol. The third-order valence-electron chi connectivity index (χ3n) is 5.96. The van der Waals surface area contributed by atoms with E-state index in [1.165, 1.54) is 33.8 Å². The van der Waals surface area contributed by atoms with Gasteiger partial charge in [0.15, 0.2) is 12.0 Å². The number of nitrogens with two attached hydrogens (primary N) is 1. The number of pyridine rings is 1. The summed E-state index contributed by atoms with van der Waals surface area (Å²) in [5.41, 5.74) is 11.5. The highest BCUT2D eigenvalue weighted by atomic mass is 35.5. The number of benzene rings is 2. The van der Waals surface area contributed by atoms with Gasteiger partial charge in [0.05, 0.1) is 16.3 Å². The van der Waals surface area contributed by atoms with Crippen LogP contribution in [-0.2, 0) is 6.54 Å². The average Bonchev–Trinajstić information content (AvgIpc) is 3.46. The minimum Gasteiger partial charge on any atom is -0.443 e. The van der Waals surface area contributed by atoms with Crippen molar-refractivity contribution in [3.05, 3.63) is 93.7 Å². The zero-order valence-corrected chi connectivity index (χ0v) is 19.6. The Bertz CT molecular complexity index is 1820. The van der Waals surface area contributed by atoms with Crippen molar-refractivity contribution in [2.45, 2.75) is 13.5 Å². The topological polar surface area (TPSA) is 120 Å². The number of aryl methyl sites for hydroxylation is 1. The van der Waals surface area contributed by atoms with Gasteiger partial charge in [-0.1, -0.05) is 11.6 Å². The summed E-state index contributed by atoms with van der Waals surface area (Å²) < 4.78 is 22.0. The fraction of sp³-hybridized carbons (Fsp3) is 0.0800. The van der Waals surface area contributed by atoms with Crippen LogP contribution >= 0.6 is 11.6 Å². The van der Waals surface area contributed by atoms with Crippen molar-refractivity contribution in [2.75, 3.05) is 5.73 Å². The molecule has 11 heteroatoms. The summed E-state index contributed by atoms with van der Waals surface area (Å²) in [6.07, 6.45) is 2.90. The van der Waals surface area contributed by atoms with E-state index in [9.17, 15) is 9.18 Å². The van der Waals surface area contributed by atoms with Gasteiger partial charge < -0.3 is 10.2 Å². The van der Waals surface area contributed by atoms with Gasteiger partial charge in [0.2, 0.25) is 5.65 Å². The van der Waals surface area contributed by atoms with Crippen molar-refractivity contribution in [1.82, 2.24) is 24.7 Å². The number of nitrogens with zero attached hydrogens (tertiary/aromatic N) is 5. The summed E-state index contributed by atoms with van der Waals surface area (Å²) in [7, 11) is 0. The predicted octanol–water partition coefficient (Wildman–Crippen LogP) is 3.91. The highest BCUT2D eigenvalue weighted by Crippen LogP contribution is 2.35. The van der Waals surface area contributed by atoms with Crippen molar-refractivity contribution in [1.29, 1.82) is 0 Å². The molecule has 0 saturated carbocycles. The Kier molecular flexibility index (Phi) is 5.04. The van der Waals surface area contributed by atoms with Gasteiger partial charge in [-0.15, -0.1) is 9.38 Å². The fourth-order valence-corrected chi connectivity index (χ4v) is 4.41. The van der Waals surface area contributed by atoms with Gasteiger partial charge in [-0.3, -0.25) is 4.98 Å². The van der Waals surface area contributed by atoms with Crippen LogP contribution < -0.4 is 15.8 Å². The number of halogens is 2. The molecule has 0 radical (unpaired) electrons. The Morgan fingerprint density at radius 3 is 2.69 bits per heavy atom. The third-order valence-corrected chi connectivity index (χ3v) is 6.18. The monoisotopic (exact) mass is 502 g/mol.